The summed E-state index contributed by atoms with van der Waals surface area (Å²) < 4.78 is 14.9. The maximum absolute atomic E-state index is 14.9. The number of carbonyl (C=O) groups is 1. The van der Waals surface area contributed by atoms with Crippen molar-refractivity contribution < 1.29 is 9.18 Å². The lowest BCUT2D eigenvalue weighted by Crippen LogP contribution is -2.51. The van der Waals surface area contributed by atoms with E-state index in [1.54, 1.807) is 16.2 Å². The van der Waals surface area contributed by atoms with Crippen LogP contribution in [0.25, 0.3) is 0 Å². The molecule has 0 saturated carbocycles. The van der Waals surface area contributed by atoms with Crippen molar-refractivity contribution in [2.75, 3.05) is 26.2 Å². The monoisotopic (exact) mass is 310 g/mol. The van der Waals surface area contributed by atoms with E-state index in [1.807, 2.05) is 0 Å². The van der Waals surface area contributed by atoms with E-state index in [0.717, 1.165) is 32.5 Å². The molecule has 2 aliphatic rings. The van der Waals surface area contributed by atoms with Gasteiger partial charge in [0.2, 0.25) is 0 Å². The Balaban J connectivity index is 1.55. The molecule has 2 fully saturated rings. The van der Waals surface area contributed by atoms with Crippen LogP contribution in [0.15, 0.2) is 12.1 Å². The molecule has 0 bridgehead atoms. The number of aryl methyl sites for hydroxylation is 1. The number of carbonyl (C=O) groups excluding carboxylic acids is 1. The summed E-state index contributed by atoms with van der Waals surface area (Å²) in [6.45, 7) is 5.81. The van der Waals surface area contributed by atoms with Gasteiger partial charge in [0.1, 0.15) is 0 Å². The fourth-order valence-electron chi connectivity index (χ4n) is 3.27. The first-order valence-corrected chi connectivity index (χ1v) is 8.64. The molecule has 3 nitrogen and oxygen atoms in total. The lowest BCUT2D eigenvalue weighted by atomic mass is 9.91. The highest BCUT2D eigenvalue weighted by atomic mass is 32.1. The summed E-state index contributed by atoms with van der Waals surface area (Å²) in [6, 6.07) is 4.27. The largest absolute Gasteiger partial charge is 0.340 e. The van der Waals surface area contributed by atoms with E-state index in [-0.39, 0.29) is 5.91 Å². The highest BCUT2D eigenvalue weighted by molar-refractivity contribution is 7.11. The molecule has 116 valence electrons. The van der Waals surface area contributed by atoms with Crippen molar-refractivity contribution in [3.8, 4) is 0 Å². The third kappa shape index (κ3) is 3.29. The Labute approximate surface area is 129 Å². The zero-order valence-electron chi connectivity index (χ0n) is 12.6. The van der Waals surface area contributed by atoms with Gasteiger partial charge in [-0.25, -0.2) is 4.39 Å². The fraction of sp³-hybridized carbons (Fsp3) is 0.688. The summed E-state index contributed by atoms with van der Waals surface area (Å²) in [7, 11) is 0. The van der Waals surface area contributed by atoms with Crippen LogP contribution < -0.4 is 0 Å². The Kier molecular flexibility index (Phi) is 4.31. The van der Waals surface area contributed by atoms with Crippen molar-refractivity contribution in [2.45, 2.75) is 44.8 Å². The number of halogens is 1. The Bertz CT molecular complexity index is 502. The Hall–Kier alpha value is -0.940. The fourth-order valence-corrected chi connectivity index (χ4v) is 4.21. The van der Waals surface area contributed by atoms with Gasteiger partial charge in [0, 0.05) is 55.3 Å². The number of thiophene rings is 1. The molecule has 3 heterocycles. The summed E-state index contributed by atoms with van der Waals surface area (Å²) in [6.07, 6.45) is 2.72. The highest BCUT2D eigenvalue weighted by Crippen LogP contribution is 2.31. The van der Waals surface area contributed by atoms with E-state index in [4.69, 9.17) is 0 Å². The molecule has 0 unspecified atom stereocenters. The van der Waals surface area contributed by atoms with Crippen LogP contribution in [0.4, 0.5) is 4.39 Å². The molecule has 21 heavy (non-hydrogen) atoms. The second-order valence-corrected chi connectivity index (χ2v) is 7.63. The van der Waals surface area contributed by atoms with E-state index in [1.165, 1.54) is 9.75 Å². The second-order valence-electron chi connectivity index (χ2n) is 6.25. The van der Waals surface area contributed by atoms with Gasteiger partial charge in [-0.05, 0) is 31.9 Å². The summed E-state index contributed by atoms with van der Waals surface area (Å²) in [5, 5.41) is 0. The van der Waals surface area contributed by atoms with Crippen LogP contribution in [0, 0.1) is 6.92 Å². The molecular formula is C16H23FN2OS. The molecule has 1 amide bonds. The topological polar surface area (TPSA) is 23.6 Å². The summed E-state index contributed by atoms with van der Waals surface area (Å²) >= 11 is 1.80. The number of amides is 1. The van der Waals surface area contributed by atoms with Crippen molar-refractivity contribution in [3.63, 3.8) is 0 Å². The molecule has 0 atom stereocenters. The number of hydrogen-bond acceptors (Lipinski definition) is 3. The average molecular weight is 310 g/mol. The maximum Gasteiger partial charge on any atom is 0.260 e. The molecule has 2 aliphatic heterocycles. The van der Waals surface area contributed by atoms with Crippen LogP contribution in [0.5, 0.6) is 0 Å². The zero-order valence-corrected chi connectivity index (χ0v) is 13.4. The number of hydrogen-bond donors (Lipinski definition) is 0. The minimum Gasteiger partial charge on any atom is -0.340 e. The minimum absolute atomic E-state index is 0.258. The summed E-state index contributed by atoms with van der Waals surface area (Å²) in [4.78, 5) is 18.9. The lowest BCUT2D eigenvalue weighted by Gasteiger charge is -2.37. The lowest BCUT2D eigenvalue weighted by molar-refractivity contribution is -0.146. The molecule has 0 N–H and O–H groups in total. The normalized spacial score (nSPS) is 22.7. The van der Waals surface area contributed by atoms with Crippen molar-refractivity contribution in [3.05, 3.63) is 21.9 Å². The third-order valence-electron chi connectivity index (χ3n) is 4.60. The van der Waals surface area contributed by atoms with Gasteiger partial charge in [-0.1, -0.05) is 0 Å². The molecular weight excluding hydrogens is 287 g/mol. The van der Waals surface area contributed by atoms with Crippen molar-refractivity contribution in [1.82, 2.24) is 9.80 Å². The number of piperidine rings is 1. The molecule has 1 aromatic heterocycles. The van der Waals surface area contributed by atoms with E-state index >= 15 is 0 Å². The van der Waals surface area contributed by atoms with Crippen LogP contribution in [0.2, 0.25) is 0 Å². The van der Waals surface area contributed by atoms with Gasteiger partial charge < -0.3 is 4.90 Å². The number of alkyl halides is 1. The van der Waals surface area contributed by atoms with Crippen LogP contribution in [0.3, 0.4) is 0 Å². The van der Waals surface area contributed by atoms with E-state index in [9.17, 15) is 9.18 Å². The standard InChI is InChI=1S/C16H23FN2OS/c1-13-4-5-14(21-13)12-18-10-6-16(17,7-11-18)15(20)19-8-2-3-9-19/h4-5H,2-3,6-12H2,1H3. The van der Waals surface area contributed by atoms with Gasteiger partial charge in [0.05, 0.1) is 0 Å². The van der Waals surface area contributed by atoms with Gasteiger partial charge >= 0.3 is 0 Å². The predicted molar refractivity (Wildman–Crippen MR) is 83.2 cm³/mol. The van der Waals surface area contributed by atoms with Crippen molar-refractivity contribution in [1.29, 1.82) is 0 Å². The molecule has 3 rings (SSSR count). The van der Waals surface area contributed by atoms with Crippen LogP contribution in [0.1, 0.15) is 35.4 Å². The first-order chi connectivity index (χ1) is 10.1. The number of rotatable bonds is 3. The quantitative estimate of drug-likeness (QED) is 0.857. The SMILES string of the molecule is Cc1ccc(CN2CCC(F)(C(=O)N3CCCC3)CC2)s1. The van der Waals surface area contributed by atoms with E-state index < -0.39 is 5.67 Å². The van der Waals surface area contributed by atoms with Gasteiger partial charge in [-0.2, -0.15) is 0 Å². The minimum atomic E-state index is -1.62. The molecule has 0 aliphatic carbocycles. The van der Waals surface area contributed by atoms with Gasteiger partial charge in [-0.15, -0.1) is 11.3 Å². The molecule has 5 heteroatoms. The first kappa shape index (κ1) is 15.0. The van der Waals surface area contributed by atoms with Crippen LogP contribution in [-0.4, -0.2) is 47.6 Å². The van der Waals surface area contributed by atoms with Gasteiger partial charge in [-0.3, -0.25) is 9.69 Å². The Morgan fingerprint density at radius 1 is 1.24 bits per heavy atom. The zero-order chi connectivity index (χ0) is 14.9. The molecule has 1 aromatic rings. The van der Waals surface area contributed by atoms with Gasteiger partial charge in [0.15, 0.2) is 5.67 Å². The molecule has 0 radical (unpaired) electrons. The van der Waals surface area contributed by atoms with Crippen LogP contribution in [-0.2, 0) is 11.3 Å². The van der Waals surface area contributed by atoms with E-state index in [0.29, 0.717) is 25.9 Å². The first-order valence-electron chi connectivity index (χ1n) is 7.83. The smallest absolute Gasteiger partial charge is 0.260 e. The van der Waals surface area contributed by atoms with E-state index in [2.05, 4.69) is 24.0 Å². The van der Waals surface area contributed by atoms with Crippen molar-refractivity contribution >= 4 is 17.2 Å². The third-order valence-corrected chi connectivity index (χ3v) is 5.59. The highest BCUT2D eigenvalue weighted by Gasteiger charge is 2.44. The summed E-state index contributed by atoms with van der Waals surface area (Å²) in [5.74, 6) is -0.258. The molecule has 0 spiro atoms. The molecule has 0 aromatic carbocycles. The second kappa shape index (κ2) is 6.05. The number of nitrogens with zero attached hydrogens (tertiary/aromatic N) is 2. The Morgan fingerprint density at radius 3 is 2.48 bits per heavy atom. The van der Waals surface area contributed by atoms with Crippen molar-refractivity contribution in [2.24, 2.45) is 0 Å². The predicted octanol–water partition coefficient (Wildman–Crippen LogP) is 2.98. The average Bonchev–Trinajstić information content (AvgIpc) is 3.12. The number of likely N-dealkylation sites (tertiary alicyclic amines) is 2. The summed E-state index contributed by atoms with van der Waals surface area (Å²) in [5.41, 5.74) is -1.62. The van der Waals surface area contributed by atoms with Gasteiger partial charge in [0.25, 0.3) is 5.91 Å². The Morgan fingerprint density at radius 2 is 1.90 bits per heavy atom. The van der Waals surface area contributed by atoms with Crippen LogP contribution >= 0.6 is 11.3 Å². The maximum atomic E-state index is 14.9. The molecule has 2 saturated heterocycles.